The molecule has 1 atom stereocenters. The van der Waals surface area contributed by atoms with E-state index in [9.17, 15) is 0 Å². The van der Waals surface area contributed by atoms with Crippen LogP contribution >= 0.6 is 0 Å². The van der Waals surface area contributed by atoms with Crippen LogP contribution in [0.1, 0.15) is 33.1 Å². The zero-order valence-electron chi connectivity index (χ0n) is 7.30. The van der Waals surface area contributed by atoms with Crippen LogP contribution in [0, 0.1) is 17.2 Å². The maximum absolute atomic E-state index is 8.40. The first-order valence-electron chi connectivity index (χ1n) is 4.35. The Morgan fingerprint density at radius 1 is 1.64 bits per heavy atom. The average molecular weight is 152 g/mol. The maximum atomic E-state index is 8.40. The highest BCUT2D eigenvalue weighted by atomic mass is 15.0. The topological polar surface area (TPSA) is 35.8 Å². The highest BCUT2D eigenvalue weighted by Gasteiger charge is 2.25. The van der Waals surface area contributed by atoms with E-state index in [1.54, 1.807) is 0 Å². The molecule has 2 nitrogen and oxygen atoms in total. The number of hydrogen-bond acceptors (Lipinski definition) is 2. The highest BCUT2D eigenvalue weighted by molar-refractivity contribution is 4.86. The monoisotopic (exact) mass is 152 g/mol. The van der Waals surface area contributed by atoms with E-state index in [4.69, 9.17) is 5.26 Å². The van der Waals surface area contributed by atoms with Crippen LogP contribution in [-0.4, -0.2) is 12.1 Å². The molecule has 0 amide bonds. The summed E-state index contributed by atoms with van der Waals surface area (Å²) in [6.45, 7) is 4.35. The zero-order chi connectivity index (χ0) is 8.27. The Kier molecular flexibility index (Phi) is 2.90. The molecule has 0 saturated heterocycles. The molecular weight excluding hydrogens is 136 g/mol. The van der Waals surface area contributed by atoms with E-state index in [0.717, 1.165) is 5.92 Å². The van der Waals surface area contributed by atoms with Gasteiger partial charge in [0.2, 0.25) is 0 Å². The van der Waals surface area contributed by atoms with Gasteiger partial charge in [-0.05, 0) is 25.7 Å². The molecule has 0 heterocycles. The molecule has 1 unspecified atom stereocenters. The van der Waals surface area contributed by atoms with Crippen LogP contribution in [0.25, 0.3) is 0 Å². The third-order valence-corrected chi connectivity index (χ3v) is 2.29. The second-order valence-corrected chi connectivity index (χ2v) is 3.70. The van der Waals surface area contributed by atoms with Crippen molar-refractivity contribution in [1.82, 2.24) is 5.32 Å². The van der Waals surface area contributed by atoms with Crippen LogP contribution in [0.4, 0.5) is 0 Å². The van der Waals surface area contributed by atoms with Crippen LogP contribution in [0.3, 0.4) is 0 Å². The minimum absolute atomic E-state index is 0.373. The molecule has 62 valence electrons. The lowest BCUT2D eigenvalue weighted by molar-refractivity contribution is 0.226. The van der Waals surface area contributed by atoms with Gasteiger partial charge in [0.15, 0.2) is 0 Å². The van der Waals surface area contributed by atoms with Crippen molar-refractivity contribution in [3.05, 3.63) is 0 Å². The molecule has 0 radical (unpaired) electrons. The van der Waals surface area contributed by atoms with Gasteiger partial charge in [0.25, 0.3) is 0 Å². The molecule has 1 aliphatic carbocycles. The third kappa shape index (κ3) is 2.51. The molecule has 1 N–H and O–H groups in total. The van der Waals surface area contributed by atoms with Crippen molar-refractivity contribution in [2.45, 2.75) is 45.2 Å². The Hall–Kier alpha value is -0.550. The summed E-state index contributed by atoms with van der Waals surface area (Å²) in [7, 11) is 0. The molecule has 2 heteroatoms. The number of nitrogens with zero attached hydrogens (tertiary/aromatic N) is 1. The SMILES string of the molecule is CC1CC(NC(C)CC#N)C1. The molecule has 1 saturated carbocycles. The lowest BCUT2D eigenvalue weighted by Gasteiger charge is -2.35. The van der Waals surface area contributed by atoms with Crippen molar-refractivity contribution in [2.75, 3.05) is 0 Å². The van der Waals surface area contributed by atoms with Gasteiger partial charge in [-0.1, -0.05) is 6.92 Å². The fourth-order valence-electron chi connectivity index (χ4n) is 1.64. The van der Waals surface area contributed by atoms with Gasteiger partial charge in [-0.15, -0.1) is 0 Å². The second-order valence-electron chi connectivity index (χ2n) is 3.70. The molecule has 11 heavy (non-hydrogen) atoms. The van der Waals surface area contributed by atoms with Crippen molar-refractivity contribution in [2.24, 2.45) is 5.92 Å². The Bertz CT molecular complexity index is 153. The second kappa shape index (κ2) is 3.73. The van der Waals surface area contributed by atoms with Crippen molar-refractivity contribution in [1.29, 1.82) is 5.26 Å². The van der Waals surface area contributed by atoms with Gasteiger partial charge in [-0.3, -0.25) is 0 Å². The van der Waals surface area contributed by atoms with Gasteiger partial charge in [0.1, 0.15) is 0 Å². The van der Waals surface area contributed by atoms with E-state index in [1.807, 2.05) is 0 Å². The molecule has 0 bridgehead atoms. The smallest absolute Gasteiger partial charge is 0.0638 e. The molecule has 0 aromatic carbocycles. The van der Waals surface area contributed by atoms with E-state index in [2.05, 4.69) is 25.2 Å². The van der Waals surface area contributed by atoms with E-state index in [-0.39, 0.29) is 0 Å². The van der Waals surface area contributed by atoms with E-state index < -0.39 is 0 Å². The number of hydrogen-bond donors (Lipinski definition) is 1. The molecule has 1 fully saturated rings. The Morgan fingerprint density at radius 3 is 2.73 bits per heavy atom. The van der Waals surface area contributed by atoms with Crippen molar-refractivity contribution >= 4 is 0 Å². The first-order chi connectivity index (χ1) is 5.22. The Balaban J connectivity index is 2.08. The summed E-state index contributed by atoms with van der Waals surface area (Å²) >= 11 is 0. The minimum atomic E-state index is 0.373. The lowest BCUT2D eigenvalue weighted by Crippen LogP contribution is -2.44. The summed E-state index contributed by atoms with van der Waals surface area (Å²) in [5.74, 6) is 0.891. The summed E-state index contributed by atoms with van der Waals surface area (Å²) in [6, 6.07) is 3.23. The van der Waals surface area contributed by atoms with Gasteiger partial charge in [-0.2, -0.15) is 5.26 Å². The molecule has 0 spiro atoms. The van der Waals surface area contributed by atoms with E-state index in [0.29, 0.717) is 18.5 Å². The third-order valence-electron chi connectivity index (χ3n) is 2.29. The molecule has 0 aromatic rings. The predicted octanol–water partition coefficient (Wildman–Crippen LogP) is 1.68. The molecular formula is C9H16N2. The van der Waals surface area contributed by atoms with Crippen LogP contribution in [0.15, 0.2) is 0 Å². The van der Waals surface area contributed by atoms with Crippen LogP contribution < -0.4 is 5.32 Å². The Morgan fingerprint density at radius 2 is 2.27 bits per heavy atom. The summed E-state index contributed by atoms with van der Waals surface area (Å²) in [4.78, 5) is 0. The predicted molar refractivity (Wildman–Crippen MR) is 45.0 cm³/mol. The Labute approximate surface area is 68.6 Å². The zero-order valence-corrected chi connectivity index (χ0v) is 7.30. The summed E-state index contributed by atoms with van der Waals surface area (Å²) in [5.41, 5.74) is 0. The van der Waals surface area contributed by atoms with Crippen molar-refractivity contribution in [3.63, 3.8) is 0 Å². The van der Waals surface area contributed by atoms with Crippen LogP contribution in [0.2, 0.25) is 0 Å². The van der Waals surface area contributed by atoms with Gasteiger partial charge in [-0.25, -0.2) is 0 Å². The number of rotatable bonds is 3. The summed E-state index contributed by atoms with van der Waals surface area (Å²) < 4.78 is 0. The normalized spacial score (nSPS) is 32.1. The number of nitrogens with one attached hydrogen (secondary N) is 1. The maximum Gasteiger partial charge on any atom is 0.0638 e. The van der Waals surface area contributed by atoms with Crippen LogP contribution in [0.5, 0.6) is 0 Å². The first-order valence-corrected chi connectivity index (χ1v) is 4.35. The number of nitriles is 1. The largest absolute Gasteiger partial charge is 0.310 e. The van der Waals surface area contributed by atoms with E-state index in [1.165, 1.54) is 12.8 Å². The average Bonchev–Trinajstić information content (AvgIpc) is 1.85. The van der Waals surface area contributed by atoms with Gasteiger partial charge < -0.3 is 5.32 Å². The molecule has 0 aromatic heterocycles. The quantitative estimate of drug-likeness (QED) is 0.667. The fraction of sp³-hybridized carbons (Fsp3) is 0.889. The van der Waals surface area contributed by atoms with Crippen LogP contribution in [-0.2, 0) is 0 Å². The lowest BCUT2D eigenvalue weighted by atomic mass is 9.81. The minimum Gasteiger partial charge on any atom is -0.310 e. The summed E-state index contributed by atoms with van der Waals surface area (Å²) in [6.07, 6.45) is 3.20. The molecule has 0 aliphatic heterocycles. The van der Waals surface area contributed by atoms with E-state index >= 15 is 0 Å². The van der Waals surface area contributed by atoms with Gasteiger partial charge in [0, 0.05) is 12.1 Å². The van der Waals surface area contributed by atoms with Gasteiger partial charge >= 0.3 is 0 Å². The molecule has 1 rings (SSSR count). The summed E-state index contributed by atoms with van der Waals surface area (Å²) in [5, 5.41) is 11.8. The van der Waals surface area contributed by atoms with Crippen molar-refractivity contribution < 1.29 is 0 Å². The first kappa shape index (κ1) is 8.55. The fourth-order valence-corrected chi connectivity index (χ4v) is 1.64. The highest BCUT2D eigenvalue weighted by Crippen LogP contribution is 2.26. The standard InChI is InChI=1S/C9H16N2/c1-7-5-9(6-7)11-8(2)3-4-10/h7-9,11H,3,5-6H2,1-2H3. The molecule has 1 aliphatic rings. The van der Waals surface area contributed by atoms with Crippen molar-refractivity contribution in [3.8, 4) is 6.07 Å². The van der Waals surface area contributed by atoms with Gasteiger partial charge in [0.05, 0.1) is 12.5 Å².